The molecule has 9 nitrogen and oxygen atoms in total. The number of carbonyl (C=O) groups excluding carboxylic acids is 1. The van der Waals surface area contributed by atoms with Crippen LogP contribution in [-0.4, -0.2) is 53.5 Å². The molecule has 178 valence electrons. The minimum Gasteiger partial charge on any atom is -0.453 e. The summed E-state index contributed by atoms with van der Waals surface area (Å²) in [6, 6.07) is 8.99. The summed E-state index contributed by atoms with van der Waals surface area (Å²) < 4.78 is 7.97. The van der Waals surface area contributed by atoms with E-state index in [-0.39, 0.29) is 17.1 Å². The van der Waals surface area contributed by atoms with Crippen molar-refractivity contribution in [1.29, 1.82) is 0 Å². The first-order valence-corrected chi connectivity index (χ1v) is 14.2. The van der Waals surface area contributed by atoms with Crippen LogP contribution in [0.3, 0.4) is 0 Å². The number of nitrogens with zero attached hydrogens (tertiary/aromatic N) is 5. The molecule has 0 radical (unpaired) electrons. The van der Waals surface area contributed by atoms with Gasteiger partial charge in [-0.1, -0.05) is 56.3 Å². The molecule has 3 heterocycles. The van der Waals surface area contributed by atoms with Crippen LogP contribution in [0.2, 0.25) is 18.1 Å². The second kappa shape index (κ2) is 8.49. The fraction of sp³-hybridized carbons (Fsp3) is 0.522. The summed E-state index contributed by atoms with van der Waals surface area (Å²) in [7, 11) is 1.57. The molecule has 0 spiro atoms. The van der Waals surface area contributed by atoms with Crippen molar-refractivity contribution in [2.24, 2.45) is 12.2 Å². The first kappa shape index (κ1) is 23.3. The average molecular weight is 471 g/mol. The summed E-state index contributed by atoms with van der Waals surface area (Å²) in [4.78, 5) is 21.3. The number of likely N-dealkylation sites (N-methyl/N-ethyl adjacent to an activating group) is 1. The molecule has 1 N–H and O–H groups in total. The zero-order valence-electron chi connectivity index (χ0n) is 20.5. The molecule has 2 aromatic rings. The lowest BCUT2D eigenvalue weighted by Crippen LogP contribution is -2.45. The normalized spacial score (nSPS) is 20.8. The van der Waals surface area contributed by atoms with Crippen molar-refractivity contribution in [1.82, 2.24) is 25.1 Å². The smallest absolute Gasteiger partial charge is 0.345 e. The van der Waals surface area contributed by atoms with Gasteiger partial charge in [0.1, 0.15) is 18.7 Å². The predicted octanol–water partition coefficient (Wildman–Crippen LogP) is 3.94. The summed E-state index contributed by atoms with van der Waals surface area (Å²) in [6.07, 6.45) is 1.82. The highest BCUT2D eigenvalue weighted by Gasteiger charge is 2.52. The molecular weight excluding hydrogens is 436 g/mol. The number of fused-ring (bicyclic) bond motifs is 4. The van der Waals surface area contributed by atoms with E-state index >= 15 is 0 Å². The monoisotopic (exact) mass is 470 g/mol. The first-order valence-electron chi connectivity index (χ1n) is 11.3. The lowest BCUT2D eigenvalue weighted by molar-refractivity contribution is -0.141. The summed E-state index contributed by atoms with van der Waals surface area (Å²) >= 11 is 0. The molecule has 1 fully saturated rings. The summed E-state index contributed by atoms with van der Waals surface area (Å²) in [6.45, 7) is 11.6. The van der Waals surface area contributed by atoms with E-state index in [0.29, 0.717) is 19.0 Å². The number of aryl methyl sites for hydroxylation is 1. The van der Waals surface area contributed by atoms with Gasteiger partial charge in [-0.2, -0.15) is 10.2 Å². The Balaban J connectivity index is 1.65. The maximum Gasteiger partial charge on any atom is 0.345 e. The van der Waals surface area contributed by atoms with Crippen molar-refractivity contribution in [3.63, 3.8) is 0 Å². The zero-order valence-corrected chi connectivity index (χ0v) is 21.5. The maximum absolute atomic E-state index is 13.5. The van der Waals surface area contributed by atoms with Crippen LogP contribution in [0, 0.1) is 0 Å². The van der Waals surface area contributed by atoms with Crippen molar-refractivity contribution < 1.29 is 14.2 Å². The van der Waals surface area contributed by atoms with Crippen LogP contribution in [0.25, 0.3) is 0 Å². The summed E-state index contributed by atoms with van der Waals surface area (Å²) in [5.41, 5.74) is 2.88. The van der Waals surface area contributed by atoms with Gasteiger partial charge in [0.2, 0.25) is 0 Å². The molecule has 10 heteroatoms. The van der Waals surface area contributed by atoms with Gasteiger partial charge in [0.15, 0.2) is 5.84 Å². The van der Waals surface area contributed by atoms with Crippen LogP contribution in [0.1, 0.15) is 49.7 Å². The van der Waals surface area contributed by atoms with Gasteiger partial charge < -0.3 is 14.7 Å². The van der Waals surface area contributed by atoms with E-state index in [4.69, 9.17) is 9.36 Å². The fourth-order valence-corrected chi connectivity index (χ4v) is 4.52. The first-order chi connectivity index (χ1) is 15.5. The van der Waals surface area contributed by atoms with Gasteiger partial charge in [0, 0.05) is 19.7 Å². The van der Waals surface area contributed by atoms with Gasteiger partial charge in [0.05, 0.1) is 18.4 Å². The molecule has 4 rings (SSSR count). The Bertz CT molecular complexity index is 1050. The Kier molecular flexibility index (Phi) is 6.00. The molecule has 2 aliphatic rings. The van der Waals surface area contributed by atoms with Gasteiger partial charge in [-0.05, 0) is 23.7 Å². The molecule has 1 aromatic carbocycles. The van der Waals surface area contributed by atoms with Gasteiger partial charge in [-0.3, -0.25) is 9.52 Å². The largest absolute Gasteiger partial charge is 0.453 e. The lowest BCUT2D eigenvalue weighted by atomic mass is 9.97. The maximum atomic E-state index is 13.5. The molecular formula is C23H34N6O3Si. The summed E-state index contributed by atoms with van der Waals surface area (Å²) in [5, 5.41) is 13.7. The van der Waals surface area contributed by atoms with Crippen molar-refractivity contribution in [2.75, 3.05) is 13.6 Å². The number of aromatic nitrogens is 2. The molecule has 2 unspecified atom stereocenters. The number of benzene rings is 1. The molecule has 2 amide bonds. The van der Waals surface area contributed by atoms with Gasteiger partial charge in [0.25, 0.3) is 8.32 Å². The van der Waals surface area contributed by atoms with Gasteiger partial charge >= 0.3 is 6.03 Å². The van der Waals surface area contributed by atoms with E-state index in [2.05, 4.69) is 49.4 Å². The van der Waals surface area contributed by atoms with E-state index in [1.54, 1.807) is 11.9 Å². The third-order valence-electron chi connectivity index (χ3n) is 6.94. The molecule has 2 aliphatic heterocycles. The molecule has 2 bridgehead atoms. The van der Waals surface area contributed by atoms with E-state index in [1.807, 2.05) is 48.3 Å². The van der Waals surface area contributed by atoms with E-state index < -0.39 is 14.4 Å². The molecule has 0 aliphatic carbocycles. The van der Waals surface area contributed by atoms with Crippen LogP contribution in [0.4, 0.5) is 4.79 Å². The predicted molar refractivity (Wildman–Crippen MR) is 129 cm³/mol. The van der Waals surface area contributed by atoms with E-state index in [0.717, 1.165) is 16.8 Å². The van der Waals surface area contributed by atoms with E-state index in [1.165, 1.54) is 5.06 Å². The van der Waals surface area contributed by atoms with Crippen molar-refractivity contribution in [3.8, 4) is 0 Å². The minimum absolute atomic E-state index is 0.0102. The Morgan fingerprint density at radius 2 is 1.97 bits per heavy atom. The number of amides is 2. The highest BCUT2D eigenvalue weighted by molar-refractivity contribution is 6.74. The number of amidine groups is 1. The number of hydrogen-bond acceptors (Lipinski definition) is 5. The Labute approximate surface area is 196 Å². The SMILES string of the molecule is CN/C(=N\O[Si](C)(C)C(C)(C)C)C1c2c(cnn2C)C2CN1C(=O)N2OCc1ccccc1. The summed E-state index contributed by atoms with van der Waals surface area (Å²) in [5.74, 6) is 0.585. The Hall–Kier alpha value is -2.85. The zero-order chi connectivity index (χ0) is 24.0. The molecule has 1 aromatic heterocycles. The molecule has 2 atom stereocenters. The van der Waals surface area contributed by atoms with Crippen molar-refractivity contribution in [2.45, 2.75) is 57.6 Å². The second-order valence-corrected chi connectivity index (χ2v) is 14.8. The Morgan fingerprint density at radius 3 is 2.61 bits per heavy atom. The molecule has 0 saturated carbocycles. The van der Waals surface area contributed by atoms with Crippen molar-refractivity contribution >= 4 is 20.2 Å². The van der Waals surface area contributed by atoms with Gasteiger partial charge in [-0.25, -0.2) is 4.79 Å². The lowest BCUT2D eigenvalue weighted by Gasteiger charge is -2.35. The number of urea groups is 1. The number of hydroxylamine groups is 2. The number of hydrogen-bond donors (Lipinski definition) is 1. The third-order valence-corrected chi connectivity index (χ3v) is 11.1. The number of carbonyl (C=O) groups is 1. The van der Waals surface area contributed by atoms with Gasteiger partial charge in [-0.15, -0.1) is 0 Å². The van der Waals surface area contributed by atoms with E-state index in [9.17, 15) is 4.79 Å². The fourth-order valence-electron chi connectivity index (χ4n) is 3.92. The second-order valence-electron chi connectivity index (χ2n) is 10.1. The van der Waals surface area contributed by atoms with Crippen LogP contribution in [0.15, 0.2) is 41.7 Å². The third kappa shape index (κ3) is 4.13. The quantitative estimate of drug-likeness (QED) is 0.299. The highest BCUT2D eigenvalue weighted by atomic mass is 28.4. The van der Waals surface area contributed by atoms with Crippen LogP contribution < -0.4 is 5.32 Å². The standard InChI is InChI=1S/C23H34N6O3Si/c1-23(2,3)33(6,7)32-26-21(24-4)20-19-17(13-25-27(19)5)18-14-28(20)22(30)29(18)31-15-16-11-9-8-10-12-16/h8-13,18,20H,14-15H2,1-7H3,(H,24,26). The Morgan fingerprint density at radius 1 is 1.27 bits per heavy atom. The number of rotatable bonds is 6. The number of nitrogens with one attached hydrogen (secondary N) is 1. The highest BCUT2D eigenvalue weighted by Crippen LogP contribution is 2.44. The molecule has 1 saturated heterocycles. The number of oxime groups is 1. The van der Waals surface area contributed by atoms with Crippen LogP contribution in [-0.2, 0) is 23.0 Å². The van der Waals surface area contributed by atoms with Crippen LogP contribution >= 0.6 is 0 Å². The average Bonchev–Trinajstić information content (AvgIpc) is 3.28. The minimum atomic E-state index is -2.13. The van der Waals surface area contributed by atoms with Crippen molar-refractivity contribution in [3.05, 3.63) is 53.3 Å². The van der Waals surface area contributed by atoms with Crippen LogP contribution in [0.5, 0.6) is 0 Å². The topological polar surface area (TPSA) is 84.2 Å². The molecule has 33 heavy (non-hydrogen) atoms.